The molecule has 1 aliphatic heterocycles. The van der Waals surface area contributed by atoms with Gasteiger partial charge in [0.15, 0.2) is 5.60 Å². The summed E-state index contributed by atoms with van der Waals surface area (Å²) >= 11 is 1.75. The van der Waals surface area contributed by atoms with Crippen LogP contribution in [0.1, 0.15) is 41.2 Å². The molecule has 0 radical (unpaired) electrons. The van der Waals surface area contributed by atoms with Gasteiger partial charge in [0.05, 0.1) is 0 Å². The van der Waals surface area contributed by atoms with Gasteiger partial charge in [0.1, 0.15) is 5.75 Å². The Balaban J connectivity index is 1.71. The first-order chi connectivity index (χ1) is 12.0. The van der Waals surface area contributed by atoms with Crippen LogP contribution in [0.15, 0.2) is 35.7 Å². The van der Waals surface area contributed by atoms with Crippen LogP contribution in [-0.4, -0.2) is 5.60 Å². The lowest BCUT2D eigenvalue weighted by atomic mass is 9.88. The zero-order valence-electron chi connectivity index (χ0n) is 15.2. The van der Waals surface area contributed by atoms with Crippen molar-refractivity contribution in [3.63, 3.8) is 0 Å². The molecule has 2 heterocycles. The monoisotopic (exact) mass is 346 g/mol. The average molecular weight is 346 g/mol. The first-order valence-corrected chi connectivity index (χ1v) is 9.63. The van der Waals surface area contributed by atoms with Crippen LogP contribution in [0.3, 0.4) is 0 Å². The minimum atomic E-state index is -0.430. The second kappa shape index (κ2) is 5.93. The average Bonchev–Trinajstić information content (AvgIpc) is 3.01. The van der Waals surface area contributed by atoms with Crippen molar-refractivity contribution in [3.8, 4) is 17.6 Å². The summed E-state index contributed by atoms with van der Waals surface area (Å²) in [4.78, 5) is 0. The van der Waals surface area contributed by atoms with E-state index in [2.05, 4.69) is 75.2 Å². The fourth-order valence-corrected chi connectivity index (χ4v) is 4.45. The van der Waals surface area contributed by atoms with Crippen molar-refractivity contribution in [3.05, 3.63) is 63.5 Å². The van der Waals surface area contributed by atoms with Crippen LogP contribution >= 0.6 is 11.3 Å². The number of rotatable bonds is 0. The van der Waals surface area contributed by atoms with E-state index in [-0.39, 0.29) is 0 Å². The highest BCUT2D eigenvalue weighted by Gasteiger charge is 2.32. The molecule has 1 nitrogen and oxygen atoms in total. The Bertz CT molecular complexity index is 1030. The van der Waals surface area contributed by atoms with Crippen LogP contribution in [-0.2, 0) is 6.42 Å². The van der Waals surface area contributed by atoms with Gasteiger partial charge in [-0.15, -0.1) is 11.3 Å². The zero-order valence-corrected chi connectivity index (χ0v) is 16.0. The Morgan fingerprint density at radius 3 is 2.76 bits per heavy atom. The number of fused-ring (bicyclic) bond motifs is 2. The van der Waals surface area contributed by atoms with Gasteiger partial charge in [-0.1, -0.05) is 36.1 Å². The van der Waals surface area contributed by atoms with Crippen LogP contribution in [0.4, 0.5) is 0 Å². The maximum Gasteiger partial charge on any atom is 0.167 e. The van der Waals surface area contributed by atoms with Crippen LogP contribution in [0.2, 0.25) is 0 Å². The molecule has 0 amide bonds. The molecule has 2 heteroatoms. The van der Waals surface area contributed by atoms with Gasteiger partial charge in [0, 0.05) is 27.5 Å². The molecule has 0 saturated heterocycles. The van der Waals surface area contributed by atoms with E-state index in [4.69, 9.17) is 4.74 Å². The number of hydrogen-bond donors (Lipinski definition) is 0. The highest BCUT2D eigenvalue weighted by Crippen LogP contribution is 2.39. The summed E-state index contributed by atoms with van der Waals surface area (Å²) in [6.07, 6.45) is 1.95. The Labute approximate surface area is 153 Å². The summed E-state index contributed by atoms with van der Waals surface area (Å²) in [7, 11) is 0. The molecule has 1 unspecified atom stereocenters. The van der Waals surface area contributed by atoms with Gasteiger partial charge in [-0.2, -0.15) is 0 Å². The first-order valence-electron chi connectivity index (χ1n) is 8.75. The molecule has 0 aliphatic carbocycles. The zero-order chi connectivity index (χ0) is 17.6. The van der Waals surface area contributed by atoms with Crippen molar-refractivity contribution in [1.29, 1.82) is 0 Å². The largest absolute Gasteiger partial charge is 0.474 e. The Kier molecular flexibility index (Phi) is 3.85. The van der Waals surface area contributed by atoms with E-state index in [0.717, 1.165) is 24.2 Å². The SMILES string of the molecule is Cc1cc(C)c2c(c1C)OC(C)(C#Cc1csc3ccccc13)CC2. The van der Waals surface area contributed by atoms with Gasteiger partial charge in [-0.3, -0.25) is 0 Å². The summed E-state index contributed by atoms with van der Waals surface area (Å²) in [5.74, 6) is 7.88. The van der Waals surface area contributed by atoms with E-state index in [1.54, 1.807) is 11.3 Å². The second-order valence-electron chi connectivity index (χ2n) is 7.17. The number of benzene rings is 2. The topological polar surface area (TPSA) is 9.23 Å². The fourth-order valence-electron chi connectivity index (χ4n) is 3.56. The van der Waals surface area contributed by atoms with Crippen molar-refractivity contribution >= 4 is 21.4 Å². The summed E-state index contributed by atoms with van der Waals surface area (Å²) in [6, 6.07) is 10.7. The number of hydrogen-bond acceptors (Lipinski definition) is 2. The normalized spacial score (nSPS) is 19.0. The van der Waals surface area contributed by atoms with Gasteiger partial charge in [-0.25, -0.2) is 0 Å². The Morgan fingerprint density at radius 2 is 1.92 bits per heavy atom. The second-order valence-corrected chi connectivity index (χ2v) is 8.08. The Morgan fingerprint density at radius 1 is 1.12 bits per heavy atom. The van der Waals surface area contributed by atoms with Gasteiger partial charge in [-0.05, 0) is 62.4 Å². The predicted octanol–water partition coefficient (Wildman–Crippen LogP) is 5.96. The van der Waals surface area contributed by atoms with Crippen molar-refractivity contribution in [2.45, 2.75) is 46.1 Å². The molecule has 0 saturated carbocycles. The van der Waals surface area contributed by atoms with Gasteiger partial charge >= 0.3 is 0 Å². The number of aryl methyl sites for hydroxylation is 2. The Hall–Kier alpha value is -2.24. The third-order valence-electron chi connectivity index (χ3n) is 5.24. The number of thiophene rings is 1. The van der Waals surface area contributed by atoms with Crippen molar-refractivity contribution in [2.75, 3.05) is 0 Å². The van der Waals surface area contributed by atoms with E-state index in [9.17, 15) is 0 Å². The molecule has 1 atom stereocenters. The molecule has 126 valence electrons. The molecule has 0 N–H and O–H groups in total. The lowest BCUT2D eigenvalue weighted by molar-refractivity contribution is 0.123. The van der Waals surface area contributed by atoms with Crippen molar-refractivity contribution in [1.82, 2.24) is 0 Å². The molecule has 0 fully saturated rings. The number of ether oxygens (including phenoxy) is 1. The van der Waals surface area contributed by atoms with Gasteiger partial charge < -0.3 is 4.74 Å². The van der Waals surface area contributed by atoms with Crippen molar-refractivity contribution < 1.29 is 4.74 Å². The third-order valence-corrected chi connectivity index (χ3v) is 6.20. The van der Waals surface area contributed by atoms with E-state index in [1.807, 2.05) is 0 Å². The summed E-state index contributed by atoms with van der Waals surface area (Å²) < 4.78 is 7.74. The van der Waals surface area contributed by atoms with Crippen molar-refractivity contribution in [2.24, 2.45) is 0 Å². The standard InChI is InChI=1S/C23H22OS/c1-15-13-16(2)19-10-12-23(4,24-22(19)17(15)3)11-9-18-14-25-21-8-6-5-7-20(18)21/h5-8,13-14H,10,12H2,1-4H3. The minimum absolute atomic E-state index is 0.430. The highest BCUT2D eigenvalue weighted by atomic mass is 32.1. The minimum Gasteiger partial charge on any atom is -0.474 e. The molecule has 0 spiro atoms. The smallest absolute Gasteiger partial charge is 0.167 e. The van der Waals surface area contributed by atoms with E-state index >= 15 is 0 Å². The summed E-state index contributed by atoms with van der Waals surface area (Å²) in [5.41, 5.74) is 5.89. The molecular weight excluding hydrogens is 324 g/mol. The van der Waals surface area contributed by atoms with Gasteiger partial charge in [0.25, 0.3) is 0 Å². The molecular formula is C23H22OS. The third kappa shape index (κ3) is 2.83. The maximum atomic E-state index is 6.45. The van der Waals surface area contributed by atoms with Crippen LogP contribution in [0.25, 0.3) is 10.1 Å². The van der Waals surface area contributed by atoms with Crippen LogP contribution in [0.5, 0.6) is 5.75 Å². The molecule has 4 rings (SSSR count). The van der Waals surface area contributed by atoms with Crippen LogP contribution in [0, 0.1) is 32.6 Å². The molecule has 2 aromatic carbocycles. The van der Waals surface area contributed by atoms with Gasteiger partial charge in [0.2, 0.25) is 0 Å². The first kappa shape index (κ1) is 16.2. The summed E-state index contributed by atoms with van der Waals surface area (Å²) in [5, 5.41) is 3.39. The van der Waals surface area contributed by atoms with E-state index in [0.29, 0.717) is 0 Å². The molecule has 3 aromatic rings. The van der Waals surface area contributed by atoms with Crippen LogP contribution < -0.4 is 4.74 Å². The fraction of sp³-hybridized carbons (Fsp3) is 0.304. The molecule has 1 aromatic heterocycles. The van der Waals surface area contributed by atoms with E-state index in [1.165, 1.54) is 32.3 Å². The molecule has 1 aliphatic rings. The molecule has 25 heavy (non-hydrogen) atoms. The quantitative estimate of drug-likeness (QED) is 0.456. The highest BCUT2D eigenvalue weighted by molar-refractivity contribution is 7.17. The molecule has 0 bridgehead atoms. The van der Waals surface area contributed by atoms with E-state index < -0.39 is 5.60 Å². The lowest BCUT2D eigenvalue weighted by Crippen LogP contribution is -2.35. The predicted molar refractivity (Wildman–Crippen MR) is 107 cm³/mol. The maximum absolute atomic E-state index is 6.45. The lowest BCUT2D eigenvalue weighted by Gasteiger charge is -2.34. The summed E-state index contributed by atoms with van der Waals surface area (Å²) in [6.45, 7) is 8.61.